The first-order valence-electron chi connectivity index (χ1n) is 4.63. The van der Waals surface area contributed by atoms with Crippen LogP contribution >= 0.6 is 0 Å². The summed E-state index contributed by atoms with van der Waals surface area (Å²) in [6.45, 7) is 2.67. The Labute approximate surface area is 87.3 Å². The average molecular weight is 214 g/mol. The molecule has 6 nitrogen and oxygen atoms in total. The summed E-state index contributed by atoms with van der Waals surface area (Å²) >= 11 is 0. The molecule has 0 unspecified atom stereocenters. The number of nitrogens with zero attached hydrogens (tertiary/aromatic N) is 1. The molecule has 0 atom stereocenters. The zero-order valence-corrected chi connectivity index (χ0v) is 8.52. The summed E-state index contributed by atoms with van der Waals surface area (Å²) < 4.78 is 9.86. The van der Waals surface area contributed by atoms with Crippen LogP contribution in [0.25, 0.3) is 0 Å². The lowest BCUT2D eigenvalue weighted by Crippen LogP contribution is -2.27. The van der Waals surface area contributed by atoms with Crippen molar-refractivity contribution in [3.05, 3.63) is 17.8 Å². The third-order valence-corrected chi connectivity index (χ3v) is 1.62. The zero-order chi connectivity index (χ0) is 11.1. The van der Waals surface area contributed by atoms with Crippen LogP contribution in [-0.2, 0) is 4.74 Å². The molecule has 0 fully saturated rings. The number of hydrogen-bond donors (Lipinski definition) is 2. The van der Waals surface area contributed by atoms with E-state index in [2.05, 4.69) is 10.3 Å². The van der Waals surface area contributed by atoms with E-state index >= 15 is 0 Å². The Hall–Kier alpha value is -1.40. The number of ether oxygens (including phenoxy) is 1. The SMILES string of the molecule is Cc1nc(C(=O)NCCOCCO)co1. The summed E-state index contributed by atoms with van der Waals surface area (Å²) in [6, 6.07) is 0. The van der Waals surface area contributed by atoms with Crippen molar-refractivity contribution in [1.29, 1.82) is 0 Å². The highest BCUT2D eigenvalue weighted by atomic mass is 16.5. The second-order valence-corrected chi connectivity index (χ2v) is 2.84. The number of aliphatic hydroxyl groups is 1. The van der Waals surface area contributed by atoms with Gasteiger partial charge in [0.05, 0.1) is 19.8 Å². The largest absolute Gasteiger partial charge is 0.448 e. The predicted molar refractivity (Wildman–Crippen MR) is 51.5 cm³/mol. The van der Waals surface area contributed by atoms with Crippen LogP contribution in [-0.4, -0.2) is 42.4 Å². The van der Waals surface area contributed by atoms with Gasteiger partial charge in [-0.25, -0.2) is 4.98 Å². The van der Waals surface area contributed by atoms with Gasteiger partial charge in [0, 0.05) is 13.5 Å². The van der Waals surface area contributed by atoms with Gasteiger partial charge in [-0.2, -0.15) is 0 Å². The van der Waals surface area contributed by atoms with Crippen molar-refractivity contribution in [1.82, 2.24) is 10.3 Å². The van der Waals surface area contributed by atoms with Gasteiger partial charge in [0.2, 0.25) is 0 Å². The molecular formula is C9H14N2O4. The second kappa shape index (κ2) is 6.15. The Morgan fingerprint density at radius 1 is 1.67 bits per heavy atom. The van der Waals surface area contributed by atoms with E-state index in [4.69, 9.17) is 14.3 Å². The minimum absolute atomic E-state index is 0.0174. The Morgan fingerprint density at radius 2 is 2.47 bits per heavy atom. The maximum atomic E-state index is 11.4. The second-order valence-electron chi connectivity index (χ2n) is 2.84. The highest BCUT2D eigenvalue weighted by Crippen LogP contribution is 1.99. The number of aromatic nitrogens is 1. The first-order chi connectivity index (χ1) is 7.24. The number of nitrogens with one attached hydrogen (secondary N) is 1. The number of aliphatic hydroxyl groups excluding tert-OH is 1. The van der Waals surface area contributed by atoms with Crippen molar-refractivity contribution < 1.29 is 19.1 Å². The molecule has 0 aromatic carbocycles. The van der Waals surface area contributed by atoms with E-state index in [0.29, 0.717) is 19.0 Å². The third kappa shape index (κ3) is 4.09. The monoisotopic (exact) mass is 214 g/mol. The first-order valence-corrected chi connectivity index (χ1v) is 4.63. The highest BCUT2D eigenvalue weighted by molar-refractivity contribution is 5.91. The zero-order valence-electron chi connectivity index (χ0n) is 8.52. The van der Waals surface area contributed by atoms with Gasteiger partial charge in [0.15, 0.2) is 11.6 Å². The van der Waals surface area contributed by atoms with Crippen LogP contribution in [0.2, 0.25) is 0 Å². The number of carbonyl (C=O) groups is 1. The molecular weight excluding hydrogens is 200 g/mol. The normalized spacial score (nSPS) is 10.3. The molecule has 0 radical (unpaired) electrons. The molecule has 2 N–H and O–H groups in total. The van der Waals surface area contributed by atoms with Crippen LogP contribution in [0.1, 0.15) is 16.4 Å². The molecule has 0 saturated heterocycles. The molecule has 0 bridgehead atoms. The quantitative estimate of drug-likeness (QED) is 0.636. The molecule has 15 heavy (non-hydrogen) atoms. The minimum atomic E-state index is -0.292. The molecule has 6 heteroatoms. The van der Waals surface area contributed by atoms with Crippen LogP contribution in [0.15, 0.2) is 10.7 Å². The lowest BCUT2D eigenvalue weighted by molar-refractivity contribution is 0.0835. The molecule has 0 aliphatic heterocycles. The Morgan fingerprint density at radius 3 is 3.07 bits per heavy atom. The number of amides is 1. The van der Waals surface area contributed by atoms with Crippen molar-refractivity contribution in [3.8, 4) is 0 Å². The van der Waals surface area contributed by atoms with Gasteiger partial charge in [-0.15, -0.1) is 0 Å². The predicted octanol–water partition coefficient (Wildman–Crippen LogP) is -0.278. The van der Waals surface area contributed by atoms with E-state index in [9.17, 15) is 4.79 Å². The molecule has 84 valence electrons. The van der Waals surface area contributed by atoms with Crippen molar-refractivity contribution in [2.75, 3.05) is 26.4 Å². The van der Waals surface area contributed by atoms with E-state index in [1.54, 1.807) is 6.92 Å². The van der Waals surface area contributed by atoms with E-state index in [-0.39, 0.29) is 24.8 Å². The standard InChI is InChI=1S/C9H14N2O4/c1-7-11-8(6-15-7)9(13)10-2-4-14-5-3-12/h6,12H,2-5H2,1H3,(H,10,13). The van der Waals surface area contributed by atoms with Gasteiger partial charge in [-0.3, -0.25) is 4.79 Å². The molecule has 0 aliphatic rings. The van der Waals surface area contributed by atoms with Crippen molar-refractivity contribution in [2.45, 2.75) is 6.92 Å². The van der Waals surface area contributed by atoms with Crippen LogP contribution in [0, 0.1) is 6.92 Å². The number of carbonyl (C=O) groups excluding carboxylic acids is 1. The lowest BCUT2D eigenvalue weighted by Gasteiger charge is -2.03. The molecule has 0 aliphatic carbocycles. The maximum absolute atomic E-state index is 11.4. The Kier molecular flexibility index (Phi) is 4.79. The lowest BCUT2D eigenvalue weighted by atomic mass is 10.4. The Bertz CT molecular complexity index is 311. The minimum Gasteiger partial charge on any atom is -0.448 e. The molecule has 1 aromatic rings. The van der Waals surface area contributed by atoms with Gasteiger partial charge in [-0.1, -0.05) is 0 Å². The Balaban J connectivity index is 2.19. The fraction of sp³-hybridized carbons (Fsp3) is 0.556. The maximum Gasteiger partial charge on any atom is 0.273 e. The summed E-state index contributed by atoms with van der Waals surface area (Å²) in [5, 5.41) is 11.0. The highest BCUT2D eigenvalue weighted by Gasteiger charge is 2.08. The summed E-state index contributed by atoms with van der Waals surface area (Å²) in [5.74, 6) is 0.163. The van der Waals surface area contributed by atoms with Gasteiger partial charge < -0.3 is 19.6 Å². The van der Waals surface area contributed by atoms with Gasteiger partial charge >= 0.3 is 0 Å². The number of aryl methyl sites for hydroxylation is 1. The fourth-order valence-electron chi connectivity index (χ4n) is 0.962. The van der Waals surface area contributed by atoms with Crippen LogP contribution < -0.4 is 5.32 Å². The van der Waals surface area contributed by atoms with Crippen LogP contribution in [0.4, 0.5) is 0 Å². The summed E-state index contributed by atoms with van der Waals surface area (Å²) in [7, 11) is 0. The smallest absolute Gasteiger partial charge is 0.273 e. The molecule has 0 saturated carbocycles. The first kappa shape index (κ1) is 11.7. The average Bonchev–Trinajstić information content (AvgIpc) is 2.64. The number of hydrogen-bond acceptors (Lipinski definition) is 5. The van der Waals surface area contributed by atoms with E-state index in [1.165, 1.54) is 6.26 Å². The van der Waals surface area contributed by atoms with E-state index in [0.717, 1.165) is 0 Å². The van der Waals surface area contributed by atoms with Crippen molar-refractivity contribution in [3.63, 3.8) is 0 Å². The molecule has 1 aromatic heterocycles. The van der Waals surface area contributed by atoms with E-state index < -0.39 is 0 Å². The summed E-state index contributed by atoms with van der Waals surface area (Å²) in [5.41, 5.74) is 0.259. The van der Waals surface area contributed by atoms with Crippen LogP contribution in [0.3, 0.4) is 0 Å². The summed E-state index contributed by atoms with van der Waals surface area (Å²) in [6.07, 6.45) is 1.30. The third-order valence-electron chi connectivity index (χ3n) is 1.62. The molecule has 1 amide bonds. The van der Waals surface area contributed by atoms with Crippen molar-refractivity contribution >= 4 is 5.91 Å². The van der Waals surface area contributed by atoms with Gasteiger partial charge in [0.1, 0.15) is 6.26 Å². The van der Waals surface area contributed by atoms with Crippen LogP contribution in [0.5, 0.6) is 0 Å². The summed E-state index contributed by atoms with van der Waals surface area (Å²) in [4.78, 5) is 15.2. The number of rotatable bonds is 6. The molecule has 0 spiro atoms. The van der Waals surface area contributed by atoms with Gasteiger partial charge in [-0.05, 0) is 0 Å². The topological polar surface area (TPSA) is 84.6 Å². The van der Waals surface area contributed by atoms with Crippen molar-refractivity contribution in [2.24, 2.45) is 0 Å². The molecule has 1 heterocycles. The number of oxazole rings is 1. The van der Waals surface area contributed by atoms with Gasteiger partial charge in [0.25, 0.3) is 5.91 Å². The van der Waals surface area contributed by atoms with E-state index in [1.807, 2.05) is 0 Å². The molecule has 1 rings (SSSR count). The fourth-order valence-corrected chi connectivity index (χ4v) is 0.962.